The van der Waals surface area contributed by atoms with Crippen molar-refractivity contribution < 1.29 is 32.5 Å². The fourth-order valence-electron chi connectivity index (χ4n) is 4.21. The molecule has 0 aromatic heterocycles. The van der Waals surface area contributed by atoms with Crippen LogP contribution in [0.2, 0.25) is 0 Å². The summed E-state index contributed by atoms with van der Waals surface area (Å²) in [5.41, 5.74) is 0. The largest absolute Gasteiger partial charge is 0.497 e. The molecule has 10 nitrogen and oxygen atoms in total. The van der Waals surface area contributed by atoms with Crippen LogP contribution in [0, 0.1) is 11.8 Å². The predicted molar refractivity (Wildman–Crippen MR) is 135 cm³/mol. The van der Waals surface area contributed by atoms with Crippen LogP contribution in [-0.2, 0) is 24.3 Å². The molecule has 3 rings (SSSR count). The zero-order valence-corrected chi connectivity index (χ0v) is 22.4. The summed E-state index contributed by atoms with van der Waals surface area (Å²) in [5.74, 6) is 1.11. The van der Waals surface area contributed by atoms with E-state index in [1.54, 1.807) is 17.0 Å². The van der Waals surface area contributed by atoms with Gasteiger partial charge < -0.3 is 29.1 Å². The highest BCUT2D eigenvalue weighted by atomic mass is 32.2. The van der Waals surface area contributed by atoms with Gasteiger partial charge in [-0.3, -0.25) is 4.79 Å². The van der Waals surface area contributed by atoms with Crippen LogP contribution in [0.1, 0.15) is 20.3 Å². The third-order valence-electron chi connectivity index (χ3n) is 6.64. The van der Waals surface area contributed by atoms with E-state index >= 15 is 0 Å². The Morgan fingerprint density at radius 1 is 1.17 bits per heavy atom. The number of aliphatic hydroxyl groups excluding tert-OH is 1. The Balaban J connectivity index is 1.63. The van der Waals surface area contributed by atoms with Crippen molar-refractivity contribution in [2.45, 2.75) is 31.5 Å². The van der Waals surface area contributed by atoms with Crippen LogP contribution in [0.4, 0.5) is 0 Å². The predicted octanol–water partition coefficient (Wildman–Crippen LogP) is 1.37. The number of piperazine rings is 1. The Hall–Kier alpha value is -2.18. The minimum absolute atomic E-state index is 0.0343. The van der Waals surface area contributed by atoms with Gasteiger partial charge in [0.2, 0.25) is 16.3 Å². The Morgan fingerprint density at radius 3 is 2.42 bits per heavy atom. The molecule has 0 radical (unpaired) electrons. The van der Waals surface area contributed by atoms with Gasteiger partial charge in [-0.25, -0.2) is 8.42 Å². The molecule has 0 unspecified atom stereocenters. The topological polar surface area (TPSA) is 109 Å². The Morgan fingerprint density at radius 2 is 1.83 bits per heavy atom. The molecule has 36 heavy (non-hydrogen) atoms. The number of aliphatic hydroxyl groups is 1. The molecule has 1 amide bonds. The van der Waals surface area contributed by atoms with E-state index in [9.17, 15) is 18.3 Å². The summed E-state index contributed by atoms with van der Waals surface area (Å²) in [7, 11) is -0.295. The lowest BCUT2D eigenvalue weighted by molar-refractivity contribution is -0.157. The molecule has 1 saturated heterocycles. The van der Waals surface area contributed by atoms with E-state index in [-0.39, 0.29) is 48.9 Å². The quantitative estimate of drug-likeness (QED) is 0.462. The molecule has 2 aliphatic rings. The lowest BCUT2D eigenvalue weighted by atomic mass is 9.90. The molecule has 11 heteroatoms. The van der Waals surface area contributed by atoms with Crippen molar-refractivity contribution in [3.63, 3.8) is 0 Å². The average Bonchev–Trinajstić information content (AvgIpc) is 2.88. The van der Waals surface area contributed by atoms with Crippen molar-refractivity contribution in [3.05, 3.63) is 36.1 Å². The molecule has 2 aliphatic heterocycles. The highest BCUT2D eigenvalue weighted by molar-refractivity contribution is 7.89. The molecule has 0 aliphatic carbocycles. The number of hydrogen-bond donors (Lipinski definition) is 1. The molecule has 1 N–H and O–H groups in total. The maximum atomic E-state index is 13.1. The van der Waals surface area contributed by atoms with Crippen molar-refractivity contribution in [1.29, 1.82) is 0 Å². The van der Waals surface area contributed by atoms with Gasteiger partial charge in [0.05, 0.1) is 25.2 Å². The summed E-state index contributed by atoms with van der Waals surface area (Å²) in [5, 5.41) is 9.46. The number of amides is 1. The molecule has 0 spiro atoms. The van der Waals surface area contributed by atoms with E-state index < -0.39 is 16.3 Å². The fraction of sp³-hybridized carbons (Fsp3) is 0.640. The van der Waals surface area contributed by atoms with Gasteiger partial charge in [0.25, 0.3) is 5.91 Å². The molecule has 2 atom stereocenters. The average molecular weight is 526 g/mol. The second-order valence-electron chi connectivity index (χ2n) is 9.49. The number of carbonyl (C=O) groups excluding carboxylic acids is 1. The molecule has 202 valence electrons. The number of sulfonamides is 1. The van der Waals surface area contributed by atoms with Crippen molar-refractivity contribution in [1.82, 2.24) is 14.1 Å². The van der Waals surface area contributed by atoms with Crippen molar-refractivity contribution in [2.75, 3.05) is 66.6 Å². The zero-order valence-electron chi connectivity index (χ0n) is 21.6. The summed E-state index contributed by atoms with van der Waals surface area (Å²) in [6.07, 6.45) is 1.81. The van der Waals surface area contributed by atoms with Crippen LogP contribution >= 0.6 is 0 Å². The summed E-state index contributed by atoms with van der Waals surface area (Å²) in [6.45, 7) is 6.81. The van der Waals surface area contributed by atoms with Crippen molar-refractivity contribution in [3.8, 4) is 5.75 Å². The molecule has 0 bridgehead atoms. The number of benzene rings is 1. The molecule has 2 heterocycles. The Labute approximate surface area is 214 Å². The first-order valence-corrected chi connectivity index (χ1v) is 13.8. The number of nitrogens with zero attached hydrogens (tertiary/aromatic N) is 3. The smallest absolute Gasteiger partial charge is 0.288 e. The Bertz CT molecular complexity index is 989. The number of carbonyl (C=O) groups is 1. The first kappa shape index (κ1) is 28.4. The molecule has 1 aromatic rings. The number of rotatable bonds is 11. The van der Waals surface area contributed by atoms with Gasteiger partial charge in [-0.15, -0.1) is 0 Å². The molecule has 0 saturated carbocycles. The van der Waals surface area contributed by atoms with Gasteiger partial charge in [0.15, 0.2) is 5.76 Å². The maximum absolute atomic E-state index is 13.1. The molecular weight excluding hydrogens is 486 g/mol. The third-order valence-corrected chi connectivity index (χ3v) is 8.55. The fourth-order valence-corrected chi connectivity index (χ4v) is 5.63. The molecular formula is C25H39N3O7S. The van der Waals surface area contributed by atoms with Crippen LogP contribution in [0.5, 0.6) is 5.75 Å². The van der Waals surface area contributed by atoms with E-state index in [2.05, 4.69) is 18.7 Å². The minimum Gasteiger partial charge on any atom is -0.497 e. The first-order chi connectivity index (χ1) is 17.1. The van der Waals surface area contributed by atoms with Crippen LogP contribution < -0.4 is 4.74 Å². The second kappa shape index (κ2) is 12.9. The van der Waals surface area contributed by atoms with E-state index in [4.69, 9.17) is 14.2 Å². The van der Waals surface area contributed by atoms with E-state index in [1.165, 1.54) is 23.5 Å². The maximum Gasteiger partial charge on any atom is 0.288 e. The molecule has 1 aromatic carbocycles. The zero-order chi connectivity index (χ0) is 26.3. The van der Waals surface area contributed by atoms with Gasteiger partial charge in [0.1, 0.15) is 5.75 Å². The van der Waals surface area contributed by atoms with E-state index in [0.717, 1.165) is 13.1 Å². The summed E-state index contributed by atoms with van der Waals surface area (Å²) >= 11 is 0. The van der Waals surface area contributed by atoms with Gasteiger partial charge in [0, 0.05) is 45.7 Å². The number of ether oxygens (including phenoxy) is 3. The highest BCUT2D eigenvalue weighted by Gasteiger charge is 2.33. The van der Waals surface area contributed by atoms with Crippen molar-refractivity contribution in [2.24, 2.45) is 11.8 Å². The van der Waals surface area contributed by atoms with Crippen LogP contribution in [0.3, 0.4) is 0 Å². The standard InChI is InChI=1S/C25H39N3O7S/c1-19(2)20-17-23(25(30)27-11-9-26(3)10-12-27)35-24(18-20)34-16-14-28(13-15-29)36(31,32)22-7-5-21(33-4)6-8-22/h5-8,17,19-20,24,29H,9-16,18H2,1-4H3/t20-,24+/m0/s1. The number of allylic oxidation sites excluding steroid dienone is 1. The van der Waals surface area contributed by atoms with Gasteiger partial charge in [-0.1, -0.05) is 13.8 Å². The minimum atomic E-state index is -3.84. The SMILES string of the molecule is COc1ccc(S(=O)(=O)N(CCO)CCO[C@H]2C[C@@H](C(C)C)C=C(C(=O)N3CCN(C)CC3)O2)cc1. The lowest BCUT2D eigenvalue weighted by Crippen LogP contribution is -2.48. The van der Waals surface area contributed by atoms with E-state index in [0.29, 0.717) is 31.0 Å². The summed E-state index contributed by atoms with van der Waals surface area (Å²) in [4.78, 5) is 17.2. The van der Waals surface area contributed by atoms with Gasteiger partial charge in [-0.2, -0.15) is 4.31 Å². The Kier molecular flexibility index (Phi) is 10.1. The number of hydrogen-bond acceptors (Lipinski definition) is 8. The summed E-state index contributed by atoms with van der Waals surface area (Å²) < 4.78 is 44.4. The van der Waals surface area contributed by atoms with Crippen molar-refractivity contribution >= 4 is 15.9 Å². The third kappa shape index (κ3) is 7.19. The summed E-state index contributed by atoms with van der Waals surface area (Å²) in [6, 6.07) is 6.09. The first-order valence-electron chi connectivity index (χ1n) is 12.4. The number of likely N-dealkylation sites (N-methyl/N-ethyl adjacent to an activating group) is 1. The normalized spacial score (nSPS) is 21.4. The number of methoxy groups -OCH3 is 1. The lowest BCUT2D eigenvalue weighted by Gasteiger charge is -2.36. The van der Waals surface area contributed by atoms with Crippen LogP contribution in [-0.4, -0.2) is 106 Å². The van der Waals surface area contributed by atoms with E-state index in [1.807, 2.05) is 13.1 Å². The van der Waals surface area contributed by atoms with Gasteiger partial charge >= 0.3 is 0 Å². The highest BCUT2D eigenvalue weighted by Crippen LogP contribution is 2.30. The molecule has 1 fully saturated rings. The second-order valence-corrected chi connectivity index (χ2v) is 11.4. The van der Waals surface area contributed by atoms with Crippen LogP contribution in [0.15, 0.2) is 41.0 Å². The van der Waals surface area contributed by atoms with Gasteiger partial charge in [-0.05, 0) is 49.2 Å². The van der Waals surface area contributed by atoms with Crippen LogP contribution in [0.25, 0.3) is 0 Å². The monoisotopic (exact) mass is 525 g/mol.